The van der Waals surface area contributed by atoms with Gasteiger partial charge in [0.1, 0.15) is 0 Å². The molecule has 0 aliphatic heterocycles. The quantitative estimate of drug-likeness (QED) is 0.919. The number of benzene rings is 1. The fourth-order valence-electron chi connectivity index (χ4n) is 1.20. The molecule has 0 spiro atoms. The van der Waals surface area contributed by atoms with Crippen molar-refractivity contribution < 1.29 is 4.52 Å². The average molecular weight is 260 g/mol. The molecule has 2 aromatic rings. The highest BCUT2D eigenvalue weighted by Gasteiger charge is 2.07. The maximum atomic E-state index is 5.77. The predicted molar refractivity (Wildman–Crippen MR) is 64.8 cm³/mol. The van der Waals surface area contributed by atoms with Gasteiger partial charge in [0.05, 0.1) is 0 Å². The third-order valence-corrected chi connectivity index (χ3v) is 2.18. The van der Waals surface area contributed by atoms with Gasteiger partial charge in [0.25, 0.3) is 0 Å². The fraction of sp³-hybridized carbons (Fsp3) is 0.200. The minimum absolute atomic E-state index is 0. The van der Waals surface area contributed by atoms with Crippen LogP contribution >= 0.6 is 24.0 Å². The predicted octanol–water partition coefficient (Wildman–Crippen LogP) is 2.31. The first-order valence-corrected chi connectivity index (χ1v) is 4.96. The highest BCUT2D eigenvalue weighted by atomic mass is 35.5. The van der Waals surface area contributed by atoms with E-state index in [-0.39, 0.29) is 12.4 Å². The van der Waals surface area contributed by atoms with Crippen molar-refractivity contribution in [3.63, 3.8) is 0 Å². The van der Waals surface area contributed by atoms with E-state index >= 15 is 0 Å². The Morgan fingerprint density at radius 2 is 1.94 bits per heavy atom. The van der Waals surface area contributed by atoms with Crippen LogP contribution in [-0.2, 0) is 6.42 Å². The van der Waals surface area contributed by atoms with Gasteiger partial charge in [0.15, 0.2) is 0 Å². The number of halogens is 2. The Morgan fingerprint density at radius 3 is 2.56 bits per heavy atom. The molecule has 2 rings (SSSR count). The second kappa shape index (κ2) is 5.84. The molecule has 0 aliphatic rings. The molecule has 1 heterocycles. The SMILES string of the molecule is Cl.NCCc1nc(-c2ccc(Cl)cc2)no1. The zero-order valence-corrected chi connectivity index (χ0v) is 9.96. The van der Waals surface area contributed by atoms with Gasteiger partial charge in [-0.1, -0.05) is 16.8 Å². The highest BCUT2D eigenvalue weighted by molar-refractivity contribution is 6.30. The summed E-state index contributed by atoms with van der Waals surface area (Å²) in [6.45, 7) is 0.502. The van der Waals surface area contributed by atoms with Gasteiger partial charge in [-0.25, -0.2) is 0 Å². The molecule has 0 radical (unpaired) electrons. The normalized spacial score (nSPS) is 9.88. The van der Waals surface area contributed by atoms with Crippen LogP contribution in [0.3, 0.4) is 0 Å². The van der Waals surface area contributed by atoms with Crippen LogP contribution in [0.25, 0.3) is 11.4 Å². The third-order valence-electron chi connectivity index (χ3n) is 1.93. The van der Waals surface area contributed by atoms with Crippen molar-refractivity contribution in [3.8, 4) is 11.4 Å². The molecule has 0 aliphatic carbocycles. The first kappa shape index (κ1) is 13.0. The van der Waals surface area contributed by atoms with Gasteiger partial charge in [-0.05, 0) is 24.3 Å². The molecule has 4 nitrogen and oxygen atoms in total. The molecular formula is C10H11Cl2N3O. The van der Waals surface area contributed by atoms with Gasteiger partial charge < -0.3 is 10.3 Å². The van der Waals surface area contributed by atoms with E-state index in [0.29, 0.717) is 29.7 Å². The highest BCUT2D eigenvalue weighted by Crippen LogP contribution is 2.18. The van der Waals surface area contributed by atoms with Crippen LogP contribution in [0.15, 0.2) is 28.8 Å². The molecule has 86 valence electrons. The smallest absolute Gasteiger partial charge is 0.228 e. The summed E-state index contributed by atoms with van der Waals surface area (Å²) in [6, 6.07) is 7.27. The van der Waals surface area contributed by atoms with E-state index in [1.54, 1.807) is 12.1 Å². The number of nitrogens with two attached hydrogens (primary N) is 1. The van der Waals surface area contributed by atoms with Crippen LogP contribution < -0.4 is 5.73 Å². The molecule has 0 saturated carbocycles. The molecule has 0 atom stereocenters. The number of rotatable bonds is 3. The van der Waals surface area contributed by atoms with Crippen molar-refractivity contribution in [2.75, 3.05) is 6.54 Å². The second-order valence-electron chi connectivity index (χ2n) is 3.06. The van der Waals surface area contributed by atoms with Crippen molar-refractivity contribution >= 4 is 24.0 Å². The largest absolute Gasteiger partial charge is 0.339 e. The lowest BCUT2D eigenvalue weighted by Gasteiger charge is -1.93. The molecule has 16 heavy (non-hydrogen) atoms. The topological polar surface area (TPSA) is 64.9 Å². The molecule has 0 bridgehead atoms. The van der Waals surface area contributed by atoms with Gasteiger partial charge in [0, 0.05) is 23.6 Å². The van der Waals surface area contributed by atoms with Crippen LogP contribution in [-0.4, -0.2) is 16.7 Å². The summed E-state index contributed by atoms with van der Waals surface area (Å²) in [6.07, 6.45) is 0.598. The molecule has 0 saturated heterocycles. The number of hydrogen-bond acceptors (Lipinski definition) is 4. The van der Waals surface area contributed by atoms with Crippen LogP contribution in [0.4, 0.5) is 0 Å². The van der Waals surface area contributed by atoms with Gasteiger partial charge >= 0.3 is 0 Å². The Kier molecular flexibility index (Phi) is 4.73. The van der Waals surface area contributed by atoms with E-state index in [1.165, 1.54) is 0 Å². The monoisotopic (exact) mass is 259 g/mol. The Hall–Kier alpha value is -1.10. The van der Waals surface area contributed by atoms with E-state index in [1.807, 2.05) is 12.1 Å². The summed E-state index contributed by atoms with van der Waals surface area (Å²) in [4.78, 5) is 4.20. The standard InChI is InChI=1S/C10H10ClN3O.ClH/c11-8-3-1-7(2-4-8)10-13-9(5-6-12)15-14-10;/h1-4H,5-6,12H2;1H. The Morgan fingerprint density at radius 1 is 1.25 bits per heavy atom. The zero-order chi connectivity index (χ0) is 10.7. The van der Waals surface area contributed by atoms with Gasteiger partial charge in [-0.2, -0.15) is 4.98 Å². The lowest BCUT2D eigenvalue weighted by atomic mass is 10.2. The minimum atomic E-state index is 0. The molecule has 2 N–H and O–H groups in total. The summed E-state index contributed by atoms with van der Waals surface area (Å²) < 4.78 is 5.02. The van der Waals surface area contributed by atoms with Crippen molar-refractivity contribution in [2.45, 2.75) is 6.42 Å². The van der Waals surface area contributed by atoms with Crippen LogP contribution in [0, 0.1) is 0 Å². The maximum Gasteiger partial charge on any atom is 0.228 e. The van der Waals surface area contributed by atoms with Crippen LogP contribution in [0.1, 0.15) is 5.89 Å². The van der Waals surface area contributed by atoms with Crippen LogP contribution in [0.5, 0.6) is 0 Å². The first-order chi connectivity index (χ1) is 7.29. The molecule has 0 amide bonds. The van der Waals surface area contributed by atoms with Crippen molar-refractivity contribution in [1.29, 1.82) is 0 Å². The molecular weight excluding hydrogens is 249 g/mol. The summed E-state index contributed by atoms with van der Waals surface area (Å²) in [5.74, 6) is 1.12. The summed E-state index contributed by atoms with van der Waals surface area (Å²) in [5, 5.41) is 4.53. The summed E-state index contributed by atoms with van der Waals surface area (Å²) in [5.41, 5.74) is 6.26. The first-order valence-electron chi connectivity index (χ1n) is 4.58. The minimum Gasteiger partial charge on any atom is -0.339 e. The third kappa shape index (κ3) is 2.95. The number of hydrogen-bond donors (Lipinski definition) is 1. The van der Waals surface area contributed by atoms with Crippen LogP contribution in [0.2, 0.25) is 5.02 Å². The fourth-order valence-corrected chi connectivity index (χ4v) is 1.32. The molecule has 1 aromatic heterocycles. The Balaban J connectivity index is 0.00000128. The van der Waals surface area contributed by atoms with Crippen molar-refractivity contribution in [3.05, 3.63) is 35.2 Å². The zero-order valence-electron chi connectivity index (χ0n) is 8.39. The number of aromatic nitrogens is 2. The Labute approximate surface area is 104 Å². The maximum absolute atomic E-state index is 5.77. The van der Waals surface area contributed by atoms with Gasteiger partial charge in [0.2, 0.25) is 11.7 Å². The second-order valence-corrected chi connectivity index (χ2v) is 3.49. The van der Waals surface area contributed by atoms with Crippen molar-refractivity contribution in [1.82, 2.24) is 10.1 Å². The van der Waals surface area contributed by atoms with E-state index in [9.17, 15) is 0 Å². The van der Waals surface area contributed by atoms with Gasteiger partial charge in [-0.15, -0.1) is 12.4 Å². The average Bonchev–Trinajstić information content (AvgIpc) is 2.68. The molecule has 0 unspecified atom stereocenters. The van der Waals surface area contributed by atoms with E-state index in [4.69, 9.17) is 21.9 Å². The molecule has 0 fully saturated rings. The molecule has 6 heteroatoms. The summed E-state index contributed by atoms with van der Waals surface area (Å²) in [7, 11) is 0. The van der Waals surface area contributed by atoms with E-state index in [0.717, 1.165) is 5.56 Å². The Bertz CT molecular complexity index is 442. The van der Waals surface area contributed by atoms with E-state index < -0.39 is 0 Å². The van der Waals surface area contributed by atoms with E-state index in [2.05, 4.69) is 10.1 Å². The van der Waals surface area contributed by atoms with Crippen molar-refractivity contribution in [2.24, 2.45) is 5.73 Å². The molecule has 1 aromatic carbocycles. The van der Waals surface area contributed by atoms with Gasteiger partial charge in [-0.3, -0.25) is 0 Å². The summed E-state index contributed by atoms with van der Waals surface area (Å²) >= 11 is 5.77. The lowest BCUT2D eigenvalue weighted by Crippen LogP contribution is -2.02. The number of nitrogens with zero attached hydrogens (tertiary/aromatic N) is 2. The lowest BCUT2D eigenvalue weighted by molar-refractivity contribution is 0.380.